The van der Waals surface area contributed by atoms with Crippen LogP contribution in [0.15, 0.2) is 18.2 Å². The molecule has 1 aliphatic rings. The average Bonchev–Trinajstić information content (AvgIpc) is 2.86. The monoisotopic (exact) mass is 289 g/mol. The van der Waals surface area contributed by atoms with Gasteiger partial charge in [-0.15, -0.1) is 11.6 Å². The minimum Gasteiger partial charge on any atom is -0.379 e. The van der Waals surface area contributed by atoms with Crippen molar-refractivity contribution in [2.24, 2.45) is 0 Å². The summed E-state index contributed by atoms with van der Waals surface area (Å²) in [5.74, 6) is 1.48. The Hall–Kier alpha value is -1.57. The van der Waals surface area contributed by atoms with E-state index >= 15 is 0 Å². The second-order valence-electron chi connectivity index (χ2n) is 4.99. The molecule has 1 aromatic heterocycles. The Bertz CT molecular complexity index is 653. The summed E-state index contributed by atoms with van der Waals surface area (Å²) in [6.45, 7) is 1.54. The van der Waals surface area contributed by atoms with Gasteiger partial charge in [0.1, 0.15) is 17.4 Å². The van der Waals surface area contributed by atoms with Crippen LogP contribution in [0.4, 0.5) is 0 Å². The second kappa shape index (κ2) is 5.82. The molecular formula is C15H16ClN3O. The highest BCUT2D eigenvalue weighted by Crippen LogP contribution is 2.28. The molecule has 20 heavy (non-hydrogen) atoms. The maximum atomic E-state index is 9.23. The van der Waals surface area contributed by atoms with Crippen LogP contribution >= 0.6 is 11.6 Å². The maximum Gasteiger partial charge on any atom is 0.111 e. The van der Waals surface area contributed by atoms with Crippen LogP contribution in [-0.4, -0.2) is 28.6 Å². The van der Waals surface area contributed by atoms with Gasteiger partial charge in [-0.25, -0.2) is 4.98 Å². The van der Waals surface area contributed by atoms with E-state index in [1.54, 1.807) is 0 Å². The summed E-state index contributed by atoms with van der Waals surface area (Å²) in [5.41, 5.74) is 2.41. The van der Waals surface area contributed by atoms with Crippen LogP contribution in [0.2, 0.25) is 0 Å². The van der Waals surface area contributed by atoms with E-state index in [1.807, 2.05) is 18.2 Å². The van der Waals surface area contributed by atoms with Crippen LogP contribution in [-0.2, 0) is 11.2 Å². The van der Waals surface area contributed by atoms with Crippen molar-refractivity contribution in [2.45, 2.75) is 25.3 Å². The van der Waals surface area contributed by atoms with Crippen molar-refractivity contribution in [1.82, 2.24) is 9.55 Å². The molecule has 1 atom stereocenters. The molecule has 5 heteroatoms. The van der Waals surface area contributed by atoms with Crippen LogP contribution in [0.25, 0.3) is 11.0 Å². The molecule has 1 aromatic carbocycles. The van der Waals surface area contributed by atoms with Crippen molar-refractivity contribution in [3.63, 3.8) is 0 Å². The molecule has 0 radical (unpaired) electrons. The summed E-state index contributed by atoms with van der Waals surface area (Å²) >= 11 is 5.90. The highest BCUT2D eigenvalue weighted by Gasteiger charge is 2.22. The standard InChI is InChI=1S/C15H16ClN3O/c16-7-6-14-18-15-11(9-17)3-1-5-13(15)19(14)12-4-2-8-20-10-12/h1,3,5,12H,2,4,6-8,10H2. The van der Waals surface area contributed by atoms with Crippen LogP contribution < -0.4 is 0 Å². The fraction of sp³-hybridized carbons (Fsp3) is 0.467. The molecule has 0 amide bonds. The highest BCUT2D eigenvalue weighted by atomic mass is 35.5. The molecule has 1 aliphatic heterocycles. The van der Waals surface area contributed by atoms with Crippen molar-refractivity contribution in [3.8, 4) is 6.07 Å². The minimum atomic E-state index is 0.293. The fourth-order valence-corrected chi connectivity index (χ4v) is 3.02. The number of nitriles is 1. The molecule has 4 nitrogen and oxygen atoms in total. The van der Waals surface area contributed by atoms with E-state index in [1.165, 1.54) is 0 Å². The number of halogens is 1. The Kier molecular flexibility index (Phi) is 3.90. The molecule has 0 spiro atoms. The molecule has 0 aliphatic carbocycles. The average molecular weight is 290 g/mol. The Balaban J connectivity index is 2.16. The zero-order chi connectivity index (χ0) is 13.9. The van der Waals surface area contributed by atoms with Gasteiger partial charge in [0.15, 0.2) is 0 Å². The van der Waals surface area contributed by atoms with Gasteiger partial charge < -0.3 is 9.30 Å². The molecule has 0 saturated carbocycles. The normalized spacial score (nSPS) is 19.1. The lowest BCUT2D eigenvalue weighted by Gasteiger charge is -2.25. The number of nitrogens with zero attached hydrogens (tertiary/aromatic N) is 3. The lowest BCUT2D eigenvalue weighted by atomic mass is 10.1. The van der Waals surface area contributed by atoms with Gasteiger partial charge in [0, 0.05) is 18.9 Å². The van der Waals surface area contributed by atoms with E-state index < -0.39 is 0 Å². The Morgan fingerprint density at radius 2 is 2.40 bits per heavy atom. The summed E-state index contributed by atoms with van der Waals surface area (Å²) in [7, 11) is 0. The van der Waals surface area contributed by atoms with Crippen molar-refractivity contribution in [2.75, 3.05) is 19.1 Å². The molecule has 1 saturated heterocycles. The molecule has 2 heterocycles. The first-order chi connectivity index (χ1) is 9.85. The van der Waals surface area contributed by atoms with E-state index in [-0.39, 0.29) is 0 Å². The number of fused-ring (bicyclic) bond motifs is 1. The number of aromatic nitrogens is 2. The first-order valence-electron chi connectivity index (χ1n) is 6.88. The number of hydrogen-bond donors (Lipinski definition) is 0. The zero-order valence-corrected chi connectivity index (χ0v) is 11.9. The molecule has 0 N–H and O–H groups in total. The van der Waals surface area contributed by atoms with Crippen molar-refractivity contribution in [3.05, 3.63) is 29.6 Å². The Morgan fingerprint density at radius 1 is 1.50 bits per heavy atom. The van der Waals surface area contributed by atoms with Gasteiger partial charge in [-0.2, -0.15) is 5.26 Å². The SMILES string of the molecule is N#Cc1cccc2c1nc(CCCl)n2C1CCCOC1. The lowest BCUT2D eigenvalue weighted by Crippen LogP contribution is -2.23. The van der Waals surface area contributed by atoms with Gasteiger partial charge in [-0.05, 0) is 25.0 Å². The fourth-order valence-electron chi connectivity index (χ4n) is 2.85. The van der Waals surface area contributed by atoms with E-state index in [4.69, 9.17) is 16.3 Å². The zero-order valence-electron chi connectivity index (χ0n) is 11.2. The van der Waals surface area contributed by atoms with E-state index in [0.717, 1.165) is 36.3 Å². The number of rotatable bonds is 3. The summed E-state index contributed by atoms with van der Waals surface area (Å²) < 4.78 is 7.82. The Labute approximate surface area is 122 Å². The summed E-state index contributed by atoms with van der Waals surface area (Å²) in [6.07, 6.45) is 2.84. The number of alkyl halides is 1. The highest BCUT2D eigenvalue weighted by molar-refractivity contribution is 6.17. The number of benzene rings is 1. The van der Waals surface area contributed by atoms with Crippen molar-refractivity contribution < 1.29 is 4.74 Å². The van der Waals surface area contributed by atoms with Gasteiger partial charge >= 0.3 is 0 Å². The molecule has 104 valence electrons. The van der Waals surface area contributed by atoms with Gasteiger partial charge in [-0.3, -0.25) is 0 Å². The first kappa shape index (κ1) is 13.4. The lowest BCUT2D eigenvalue weighted by molar-refractivity contribution is 0.0596. The first-order valence-corrected chi connectivity index (χ1v) is 7.42. The largest absolute Gasteiger partial charge is 0.379 e. The molecule has 0 bridgehead atoms. The Morgan fingerprint density at radius 3 is 3.10 bits per heavy atom. The van der Waals surface area contributed by atoms with Crippen LogP contribution in [0.1, 0.15) is 30.3 Å². The summed E-state index contributed by atoms with van der Waals surface area (Å²) in [6, 6.07) is 8.25. The topological polar surface area (TPSA) is 50.8 Å². The molecule has 1 fully saturated rings. The van der Waals surface area contributed by atoms with Crippen LogP contribution in [0.3, 0.4) is 0 Å². The third-order valence-electron chi connectivity index (χ3n) is 3.73. The number of ether oxygens (including phenoxy) is 1. The molecule has 2 aromatic rings. The third-order valence-corrected chi connectivity index (χ3v) is 3.92. The quantitative estimate of drug-likeness (QED) is 0.816. The second-order valence-corrected chi connectivity index (χ2v) is 5.37. The number of hydrogen-bond acceptors (Lipinski definition) is 3. The summed E-state index contributed by atoms with van der Waals surface area (Å²) in [4.78, 5) is 4.65. The minimum absolute atomic E-state index is 0.293. The van der Waals surface area contributed by atoms with Gasteiger partial charge in [0.25, 0.3) is 0 Å². The predicted octanol–water partition coefficient (Wildman–Crippen LogP) is 3.04. The predicted molar refractivity (Wildman–Crippen MR) is 78.0 cm³/mol. The van der Waals surface area contributed by atoms with E-state index in [2.05, 4.69) is 15.6 Å². The summed E-state index contributed by atoms with van der Waals surface area (Å²) in [5, 5.41) is 9.23. The van der Waals surface area contributed by atoms with Gasteiger partial charge in [0.2, 0.25) is 0 Å². The molecular weight excluding hydrogens is 274 g/mol. The van der Waals surface area contributed by atoms with E-state index in [9.17, 15) is 5.26 Å². The molecule has 1 unspecified atom stereocenters. The number of imidazole rings is 1. The number of aryl methyl sites for hydroxylation is 1. The van der Waals surface area contributed by atoms with Crippen molar-refractivity contribution >= 4 is 22.6 Å². The van der Waals surface area contributed by atoms with Gasteiger partial charge in [-0.1, -0.05) is 6.07 Å². The van der Waals surface area contributed by atoms with E-state index in [0.29, 0.717) is 30.5 Å². The third kappa shape index (κ3) is 2.28. The smallest absolute Gasteiger partial charge is 0.111 e. The molecule has 3 rings (SSSR count). The van der Waals surface area contributed by atoms with Gasteiger partial charge in [0.05, 0.1) is 23.7 Å². The van der Waals surface area contributed by atoms with Crippen LogP contribution in [0, 0.1) is 11.3 Å². The maximum absolute atomic E-state index is 9.23. The van der Waals surface area contributed by atoms with Crippen molar-refractivity contribution in [1.29, 1.82) is 5.26 Å². The number of para-hydroxylation sites is 1. The van der Waals surface area contributed by atoms with Crippen LogP contribution in [0.5, 0.6) is 0 Å².